The molecule has 0 amide bonds. The summed E-state index contributed by atoms with van der Waals surface area (Å²) in [6.07, 6.45) is 1.22. The molecule has 3 nitrogen and oxygen atoms in total. The van der Waals surface area contributed by atoms with Crippen LogP contribution in [-0.4, -0.2) is 36.6 Å². The van der Waals surface area contributed by atoms with Gasteiger partial charge in [-0.05, 0) is 6.42 Å². The highest BCUT2D eigenvalue weighted by Crippen LogP contribution is 2.16. The first-order valence-corrected chi connectivity index (χ1v) is 3.77. The van der Waals surface area contributed by atoms with E-state index in [-0.39, 0.29) is 30.9 Å². The summed E-state index contributed by atoms with van der Waals surface area (Å²) in [6.45, 7) is 3.05. The molecule has 2 saturated heterocycles. The van der Waals surface area contributed by atoms with Crippen LogP contribution >= 0.6 is 24.8 Å². The van der Waals surface area contributed by atoms with Gasteiger partial charge in [0.15, 0.2) is 0 Å². The lowest BCUT2D eigenvalue weighted by Gasteiger charge is -2.27. The van der Waals surface area contributed by atoms with Gasteiger partial charge in [0.1, 0.15) is 6.04 Å². The lowest BCUT2D eigenvalue weighted by molar-refractivity contribution is 0.240. The smallest absolute Gasteiger partial charge is 0.110 e. The highest BCUT2D eigenvalue weighted by molar-refractivity contribution is 5.85. The molecule has 2 aliphatic rings. The number of rotatable bonds is 0. The highest BCUT2D eigenvalue weighted by atomic mass is 35.5. The lowest BCUT2D eigenvalue weighted by Crippen LogP contribution is -2.49. The predicted molar refractivity (Wildman–Crippen MR) is 51.9 cm³/mol. The quantitative estimate of drug-likeness (QED) is 0.629. The summed E-state index contributed by atoms with van der Waals surface area (Å²) in [4.78, 5) is 2.27. The Kier molecular flexibility index (Phi) is 4.88. The number of nitrogens with zero attached hydrogens (tertiary/aromatic N) is 2. The number of fused-ring (bicyclic) bond motifs is 2. The Morgan fingerprint density at radius 1 is 1.42 bits per heavy atom. The lowest BCUT2D eigenvalue weighted by atomic mass is 10.2. The molecule has 1 N–H and O–H groups in total. The van der Waals surface area contributed by atoms with Gasteiger partial charge >= 0.3 is 0 Å². The van der Waals surface area contributed by atoms with Crippen molar-refractivity contribution in [1.29, 1.82) is 5.26 Å². The van der Waals surface area contributed by atoms with Gasteiger partial charge in [-0.25, -0.2) is 0 Å². The molecule has 3 atom stereocenters. The standard InChI is InChI=1S/C7H11N3.2ClH/c8-3-7-4-9-6-1-2-10(7)5-6;;/h6-7,9H,1-2,4-5H2;2*1H. The Labute approximate surface area is 84.9 Å². The summed E-state index contributed by atoms with van der Waals surface area (Å²) in [6, 6.07) is 3.10. The fraction of sp³-hybridized carbons (Fsp3) is 0.857. The maximum Gasteiger partial charge on any atom is 0.110 e. The van der Waals surface area contributed by atoms with Gasteiger partial charge in [-0.2, -0.15) is 5.26 Å². The first-order chi connectivity index (χ1) is 4.90. The zero-order valence-corrected chi connectivity index (χ0v) is 8.33. The number of halogens is 2. The van der Waals surface area contributed by atoms with Crippen molar-refractivity contribution in [3.63, 3.8) is 0 Å². The van der Waals surface area contributed by atoms with E-state index in [0.29, 0.717) is 6.04 Å². The van der Waals surface area contributed by atoms with Crippen LogP contribution in [0.5, 0.6) is 0 Å². The molecule has 3 unspecified atom stereocenters. The molecule has 2 bridgehead atoms. The SMILES string of the molecule is Cl.Cl.N#CC1CNC2CCN1C2. The summed E-state index contributed by atoms with van der Waals surface area (Å²) >= 11 is 0. The van der Waals surface area contributed by atoms with Crippen molar-refractivity contribution in [3.8, 4) is 6.07 Å². The molecule has 2 fully saturated rings. The largest absolute Gasteiger partial charge is 0.310 e. The van der Waals surface area contributed by atoms with E-state index < -0.39 is 0 Å². The van der Waals surface area contributed by atoms with E-state index in [1.165, 1.54) is 6.42 Å². The molecule has 0 radical (unpaired) electrons. The van der Waals surface area contributed by atoms with Crippen LogP contribution in [0.1, 0.15) is 6.42 Å². The van der Waals surface area contributed by atoms with Crippen LogP contribution in [0.3, 0.4) is 0 Å². The van der Waals surface area contributed by atoms with Crippen LogP contribution in [0.25, 0.3) is 0 Å². The first kappa shape index (κ1) is 12.0. The second kappa shape index (κ2) is 4.88. The number of piperazine rings is 1. The van der Waals surface area contributed by atoms with Crippen molar-refractivity contribution in [2.75, 3.05) is 19.6 Å². The van der Waals surface area contributed by atoms with Crippen LogP contribution in [-0.2, 0) is 0 Å². The fourth-order valence-corrected chi connectivity index (χ4v) is 1.77. The van der Waals surface area contributed by atoms with Crippen molar-refractivity contribution < 1.29 is 0 Å². The van der Waals surface area contributed by atoms with Crippen molar-refractivity contribution in [2.24, 2.45) is 0 Å². The van der Waals surface area contributed by atoms with Gasteiger partial charge in [0, 0.05) is 25.7 Å². The van der Waals surface area contributed by atoms with Crippen LogP contribution in [0.15, 0.2) is 0 Å². The third kappa shape index (κ3) is 2.02. The molecular formula is C7H13Cl2N3. The Morgan fingerprint density at radius 3 is 2.83 bits per heavy atom. The normalized spacial score (nSPS) is 37.4. The fourth-order valence-electron chi connectivity index (χ4n) is 1.77. The predicted octanol–water partition coefficient (Wildman–Crippen LogP) is 0.400. The topological polar surface area (TPSA) is 39.1 Å². The van der Waals surface area contributed by atoms with E-state index in [9.17, 15) is 0 Å². The number of hydrogen-bond donors (Lipinski definition) is 1. The average Bonchev–Trinajstić information content (AvgIpc) is 2.34. The molecular weight excluding hydrogens is 197 g/mol. The molecule has 5 heteroatoms. The Hall–Kier alpha value is -0.0100. The van der Waals surface area contributed by atoms with Gasteiger partial charge in [-0.15, -0.1) is 24.8 Å². The van der Waals surface area contributed by atoms with E-state index in [4.69, 9.17) is 5.26 Å². The van der Waals surface area contributed by atoms with Crippen molar-refractivity contribution in [3.05, 3.63) is 0 Å². The van der Waals surface area contributed by atoms with Gasteiger partial charge in [0.05, 0.1) is 6.07 Å². The van der Waals surface area contributed by atoms with E-state index in [0.717, 1.165) is 19.6 Å². The molecule has 0 aromatic rings. The summed E-state index contributed by atoms with van der Waals surface area (Å²) in [5.41, 5.74) is 0. The maximum atomic E-state index is 8.68. The average molecular weight is 210 g/mol. The minimum absolute atomic E-state index is 0. The van der Waals surface area contributed by atoms with Crippen LogP contribution in [0, 0.1) is 11.3 Å². The second-order valence-corrected chi connectivity index (χ2v) is 3.03. The van der Waals surface area contributed by atoms with E-state index >= 15 is 0 Å². The van der Waals surface area contributed by atoms with Crippen LogP contribution in [0.2, 0.25) is 0 Å². The van der Waals surface area contributed by atoms with Crippen molar-refractivity contribution >= 4 is 24.8 Å². The van der Waals surface area contributed by atoms with Gasteiger partial charge < -0.3 is 5.32 Å². The minimum Gasteiger partial charge on any atom is -0.310 e. The van der Waals surface area contributed by atoms with Crippen molar-refractivity contribution in [1.82, 2.24) is 10.2 Å². The van der Waals surface area contributed by atoms with Crippen LogP contribution < -0.4 is 5.32 Å². The zero-order valence-electron chi connectivity index (χ0n) is 6.69. The Morgan fingerprint density at radius 2 is 2.17 bits per heavy atom. The summed E-state index contributed by atoms with van der Waals surface area (Å²) < 4.78 is 0. The molecule has 0 aliphatic carbocycles. The molecule has 2 rings (SSSR count). The van der Waals surface area contributed by atoms with Crippen LogP contribution in [0.4, 0.5) is 0 Å². The third-order valence-corrected chi connectivity index (χ3v) is 2.41. The summed E-state index contributed by atoms with van der Waals surface area (Å²) in [5.74, 6) is 0. The molecule has 0 aromatic carbocycles. The van der Waals surface area contributed by atoms with Gasteiger partial charge in [-0.1, -0.05) is 0 Å². The zero-order chi connectivity index (χ0) is 6.97. The van der Waals surface area contributed by atoms with E-state index in [2.05, 4.69) is 16.3 Å². The molecule has 2 heterocycles. The molecule has 12 heavy (non-hydrogen) atoms. The van der Waals surface area contributed by atoms with E-state index in [1.54, 1.807) is 0 Å². The summed E-state index contributed by atoms with van der Waals surface area (Å²) in [7, 11) is 0. The second-order valence-electron chi connectivity index (χ2n) is 3.03. The number of hydrogen-bond acceptors (Lipinski definition) is 3. The monoisotopic (exact) mass is 209 g/mol. The van der Waals surface area contributed by atoms with Gasteiger partial charge in [-0.3, -0.25) is 4.90 Å². The minimum atomic E-state index is 0. The number of nitrogens with one attached hydrogen (secondary N) is 1. The van der Waals surface area contributed by atoms with Gasteiger partial charge in [0.2, 0.25) is 0 Å². The first-order valence-electron chi connectivity index (χ1n) is 3.77. The highest BCUT2D eigenvalue weighted by Gasteiger charge is 2.32. The molecule has 0 aromatic heterocycles. The van der Waals surface area contributed by atoms with E-state index in [1.807, 2.05) is 0 Å². The molecule has 0 spiro atoms. The summed E-state index contributed by atoms with van der Waals surface area (Å²) in [5, 5.41) is 12.0. The molecule has 2 aliphatic heterocycles. The van der Waals surface area contributed by atoms with Gasteiger partial charge in [0.25, 0.3) is 0 Å². The maximum absolute atomic E-state index is 8.68. The molecule has 0 saturated carbocycles. The number of nitriles is 1. The molecule has 70 valence electrons. The Bertz CT molecular complexity index is 180. The Balaban J connectivity index is 0.000000605. The third-order valence-electron chi connectivity index (χ3n) is 2.41. The van der Waals surface area contributed by atoms with Crippen molar-refractivity contribution in [2.45, 2.75) is 18.5 Å².